The molecule has 1 aromatic rings. The van der Waals surface area contributed by atoms with Gasteiger partial charge in [-0.1, -0.05) is 34.6 Å². The van der Waals surface area contributed by atoms with E-state index in [4.69, 9.17) is 4.74 Å². The van der Waals surface area contributed by atoms with Gasteiger partial charge in [-0.25, -0.2) is 4.99 Å². The van der Waals surface area contributed by atoms with Crippen molar-refractivity contribution in [3.8, 4) is 5.75 Å². The van der Waals surface area contributed by atoms with Crippen LogP contribution in [0.15, 0.2) is 33.4 Å². The lowest BCUT2D eigenvalue weighted by atomic mass is 10.2. The maximum absolute atomic E-state index is 11.8. The van der Waals surface area contributed by atoms with Crippen LogP contribution >= 0.6 is 39.5 Å². The van der Waals surface area contributed by atoms with Crippen molar-refractivity contribution in [2.45, 2.75) is 6.92 Å². The molecule has 0 atom stereocenters. The van der Waals surface area contributed by atoms with E-state index in [0.29, 0.717) is 5.70 Å². The number of carbonyl (C=O) groups is 1. The van der Waals surface area contributed by atoms with Crippen molar-refractivity contribution in [1.82, 2.24) is 0 Å². The van der Waals surface area contributed by atoms with Gasteiger partial charge in [-0.3, -0.25) is 4.79 Å². The molecule has 0 spiro atoms. The zero-order valence-electron chi connectivity index (χ0n) is 10.5. The molecule has 0 radical (unpaired) electrons. The van der Waals surface area contributed by atoms with Crippen molar-refractivity contribution < 1.29 is 9.53 Å². The number of halogens is 1. The Morgan fingerprint density at radius 1 is 1.53 bits per heavy atom. The Morgan fingerprint density at radius 3 is 3.00 bits per heavy atom. The molecule has 19 heavy (non-hydrogen) atoms. The highest BCUT2D eigenvalue weighted by Crippen LogP contribution is 2.32. The lowest BCUT2D eigenvalue weighted by Crippen LogP contribution is -1.89. The predicted octanol–water partition coefficient (Wildman–Crippen LogP) is 4.18. The highest BCUT2D eigenvalue weighted by molar-refractivity contribution is 9.10. The second kappa shape index (κ2) is 6.63. The van der Waals surface area contributed by atoms with Crippen LogP contribution in [0, 0.1) is 0 Å². The van der Waals surface area contributed by atoms with Gasteiger partial charge in [-0.05, 0) is 47.4 Å². The molecule has 1 aliphatic heterocycles. The van der Waals surface area contributed by atoms with E-state index in [0.717, 1.165) is 25.9 Å². The minimum atomic E-state index is -0.00864. The molecular formula is C13H12BrNO2S2. The van der Waals surface area contributed by atoms with Gasteiger partial charge in [-0.15, -0.1) is 0 Å². The summed E-state index contributed by atoms with van der Waals surface area (Å²) < 4.78 is 6.91. The van der Waals surface area contributed by atoms with E-state index in [9.17, 15) is 4.79 Å². The average Bonchev–Trinajstić information content (AvgIpc) is 2.73. The summed E-state index contributed by atoms with van der Waals surface area (Å²) in [4.78, 5) is 16.2. The minimum Gasteiger partial charge on any atom is -0.497 e. The summed E-state index contributed by atoms with van der Waals surface area (Å²) in [5.74, 6) is 1.66. The lowest BCUT2D eigenvalue weighted by molar-refractivity contribution is -0.107. The third-order valence-corrected chi connectivity index (χ3v) is 4.98. The van der Waals surface area contributed by atoms with Gasteiger partial charge in [0, 0.05) is 4.47 Å². The number of nitrogens with zero attached hydrogens (tertiary/aromatic N) is 1. The number of hydrogen-bond donors (Lipinski definition) is 0. The third kappa shape index (κ3) is 3.64. The molecule has 0 N–H and O–H groups in total. The highest BCUT2D eigenvalue weighted by Gasteiger charge is 2.22. The Morgan fingerprint density at radius 2 is 2.32 bits per heavy atom. The van der Waals surface area contributed by atoms with Crippen molar-refractivity contribution in [1.29, 1.82) is 0 Å². The summed E-state index contributed by atoms with van der Waals surface area (Å²) in [6, 6.07) is 5.62. The normalized spacial score (nSPS) is 16.9. The lowest BCUT2D eigenvalue weighted by Gasteiger charge is -2.03. The average molecular weight is 358 g/mol. The van der Waals surface area contributed by atoms with Crippen molar-refractivity contribution in [3.05, 3.63) is 33.9 Å². The number of benzene rings is 1. The molecule has 0 fully saturated rings. The fourth-order valence-corrected chi connectivity index (χ4v) is 3.58. The third-order valence-electron chi connectivity index (χ3n) is 2.36. The number of rotatable bonds is 3. The van der Waals surface area contributed by atoms with E-state index >= 15 is 0 Å². The Bertz CT molecular complexity index is 570. The number of thioether (sulfide) groups is 2. The summed E-state index contributed by atoms with van der Waals surface area (Å²) in [5, 5.41) is -0.00864. The number of ether oxygens (including phenoxy) is 1. The SMILES string of the molecule is CCSC1=N/C(=C/c2cc(OC)ccc2Br)C(=O)S1. The minimum absolute atomic E-state index is 0.00864. The first-order valence-corrected chi connectivity index (χ1v) is 8.22. The maximum Gasteiger partial charge on any atom is 0.244 e. The van der Waals surface area contributed by atoms with E-state index < -0.39 is 0 Å². The molecule has 0 amide bonds. The van der Waals surface area contributed by atoms with Gasteiger partial charge < -0.3 is 4.74 Å². The topological polar surface area (TPSA) is 38.7 Å². The smallest absolute Gasteiger partial charge is 0.244 e. The van der Waals surface area contributed by atoms with E-state index in [1.54, 1.807) is 24.9 Å². The molecule has 0 aromatic heterocycles. The Kier molecular flexibility index (Phi) is 5.13. The van der Waals surface area contributed by atoms with E-state index in [-0.39, 0.29) is 5.12 Å². The van der Waals surface area contributed by atoms with Gasteiger partial charge in [0.25, 0.3) is 0 Å². The van der Waals surface area contributed by atoms with Crippen LogP contribution in [0.5, 0.6) is 5.75 Å². The second-order valence-corrected chi connectivity index (χ2v) is 6.94. The first kappa shape index (κ1) is 14.7. The quantitative estimate of drug-likeness (QED) is 0.760. The molecular weight excluding hydrogens is 346 g/mol. The van der Waals surface area contributed by atoms with E-state index in [2.05, 4.69) is 20.9 Å². The number of hydrogen-bond acceptors (Lipinski definition) is 5. The van der Waals surface area contributed by atoms with Crippen molar-refractivity contribution in [2.24, 2.45) is 4.99 Å². The fraction of sp³-hybridized carbons (Fsp3) is 0.231. The molecule has 1 aliphatic rings. The molecule has 0 unspecified atom stereocenters. The molecule has 2 rings (SSSR count). The first-order chi connectivity index (χ1) is 9.13. The molecule has 3 nitrogen and oxygen atoms in total. The van der Waals surface area contributed by atoms with Gasteiger partial charge in [0.1, 0.15) is 15.8 Å². The molecule has 100 valence electrons. The number of carbonyl (C=O) groups excluding carboxylic acids is 1. The van der Waals surface area contributed by atoms with Crippen molar-refractivity contribution in [2.75, 3.05) is 12.9 Å². The molecule has 1 aromatic carbocycles. The Labute approximate surface area is 129 Å². The summed E-state index contributed by atoms with van der Waals surface area (Å²) >= 11 is 6.24. The van der Waals surface area contributed by atoms with Crippen LogP contribution in [0.3, 0.4) is 0 Å². The van der Waals surface area contributed by atoms with Crippen molar-refractivity contribution >= 4 is 55.0 Å². The Balaban J connectivity index is 2.33. The molecule has 0 bridgehead atoms. The van der Waals surface area contributed by atoms with Crippen LogP contribution < -0.4 is 4.74 Å². The highest BCUT2D eigenvalue weighted by atomic mass is 79.9. The largest absolute Gasteiger partial charge is 0.497 e. The Hall–Kier alpha value is -0.720. The van der Waals surface area contributed by atoms with Crippen LogP contribution in [-0.4, -0.2) is 22.4 Å². The first-order valence-electron chi connectivity index (χ1n) is 5.63. The summed E-state index contributed by atoms with van der Waals surface area (Å²) in [7, 11) is 1.62. The monoisotopic (exact) mass is 357 g/mol. The number of aliphatic imine (C=N–C) groups is 1. The summed E-state index contributed by atoms with van der Waals surface area (Å²) in [6.07, 6.45) is 1.78. The van der Waals surface area contributed by atoms with Crippen LogP contribution in [0.1, 0.15) is 12.5 Å². The molecule has 0 aliphatic carbocycles. The van der Waals surface area contributed by atoms with Gasteiger partial charge in [-0.2, -0.15) is 0 Å². The molecule has 0 saturated carbocycles. The van der Waals surface area contributed by atoms with Gasteiger partial charge in [0.05, 0.1) is 7.11 Å². The zero-order chi connectivity index (χ0) is 13.8. The standard InChI is InChI=1S/C13H12BrNO2S2/c1-3-18-13-15-11(12(16)19-13)7-8-6-9(17-2)4-5-10(8)14/h4-7H,3H2,1-2H3/b11-7+. The van der Waals surface area contributed by atoms with Gasteiger partial charge >= 0.3 is 0 Å². The van der Waals surface area contributed by atoms with E-state index in [1.807, 2.05) is 25.1 Å². The fourth-order valence-electron chi connectivity index (χ4n) is 1.48. The van der Waals surface area contributed by atoms with Gasteiger partial charge in [0.15, 0.2) is 0 Å². The second-order valence-electron chi connectivity index (χ2n) is 3.62. The molecule has 1 heterocycles. The number of methoxy groups -OCH3 is 1. The van der Waals surface area contributed by atoms with E-state index in [1.165, 1.54) is 11.8 Å². The maximum atomic E-state index is 11.8. The predicted molar refractivity (Wildman–Crippen MR) is 86.8 cm³/mol. The van der Waals surface area contributed by atoms with Crippen LogP contribution in [0.2, 0.25) is 0 Å². The van der Waals surface area contributed by atoms with Crippen LogP contribution in [0.25, 0.3) is 6.08 Å². The van der Waals surface area contributed by atoms with Gasteiger partial charge in [0.2, 0.25) is 5.12 Å². The van der Waals surface area contributed by atoms with Crippen molar-refractivity contribution in [3.63, 3.8) is 0 Å². The van der Waals surface area contributed by atoms with Crippen LogP contribution in [-0.2, 0) is 4.79 Å². The van der Waals surface area contributed by atoms with Crippen LogP contribution in [0.4, 0.5) is 0 Å². The molecule has 0 saturated heterocycles. The zero-order valence-corrected chi connectivity index (χ0v) is 13.7. The molecule has 6 heteroatoms. The summed E-state index contributed by atoms with van der Waals surface area (Å²) in [6.45, 7) is 2.04. The summed E-state index contributed by atoms with van der Waals surface area (Å²) in [5.41, 5.74) is 1.37.